The number of aromatic nitrogens is 1. The Morgan fingerprint density at radius 1 is 0.306 bits per heavy atom. The van der Waals surface area contributed by atoms with E-state index >= 15 is 0 Å². The van der Waals surface area contributed by atoms with Crippen LogP contribution in [0.25, 0.3) is 21.8 Å². The van der Waals surface area contributed by atoms with E-state index in [1.54, 1.807) is 0 Å². The molecular formula is C48H81N. The predicted molar refractivity (Wildman–Crippen MR) is 222 cm³/mol. The minimum atomic E-state index is 1.22. The molecule has 0 unspecified atom stereocenters. The number of aromatic amines is 1. The van der Waals surface area contributed by atoms with Crippen LogP contribution in [0.15, 0.2) is 36.4 Å². The first kappa shape index (κ1) is 41.7. The van der Waals surface area contributed by atoms with Gasteiger partial charge < -0.3 is 4.98 Å². The van der Waals surface area contributed by atoms with Crippen LogP contribution in [0.4, 0.5) is 0 Å². The van der Waals surface area contributed by atoms with Gasteiger partial charge in [-0.15, -0.1) is 0 Å². The third-order valence-electron chi connectivity index (χ3n) is 11.4. The number of benzene rings is 2. The highest BCUT2D eigenvalue weighted by Gasteiger charge is 2.07. The molecule has 1 N–H and O–H groups in total. The van der Waals surface area contributed by atoms with Gasteiger partial charge in [-0.1, -0.05) is 231 Å². The number of H-pyrrole nitrogens is 1. The Bertz CT molecular complexity index is 1080. The maximum Gasteiger partial charge on any atom is 0.0467 e. The van der Waals surface area contributed by atoms with E-state index in [2.05, 4.69) is 55.2 Å². The van der Waals surface area contributed by atoms with E-state index in [1.165, 1.54) is 251 Å². The van der Waals surface area contributed by atoms with Gasteiger partial charge in [-0.05, 0) is 48.9 Å². The molecule has 0 amide bonds. The fourth-order valence-electron chi connectivity index (χ4n) is 8.07. The molecule has 0 spiro atoms. The topological polar surface area (TPSA) is 15.8 Å². The summed E-state index contributed by atoms with van der Waals surface area (Å²) in [7, 11) is 0. The molecule has 1 heterocycles. The van der Waals surface area contributed by atoms with Crippen molar-refractivity contribution in [3.63, 3.8) is 0 Å². The molecule has 0 atom stereocenters. The molecule has 3 aromatic rings. The quantitative estimate of drug-likeness (QED) is 0.0608. The van der Waals surface area contributed by atoms with Gasteiger partial charge in [0.05, 0.1) is 0 Å². The Hall–Kier alpha value is -1.76. The van der Waals surface area contributed by atoms with Crippen LogP contribution in [0.1, 0.15) is 230 Å². The van der Waals surface area contributed by atoms with Gasteiger partial charge in [0.25, 0.3) is 0 Å². The second-order valence-electron chi connectivity index (χ2n) is 16.0. The third kappa shape index (κ3) is 19.4. The number of fused-ring (bicyclic) bond motifs is 3. The fraction of sp³-hybridized carbons (Fsp3) is 0.750. The fourth-order valence-corrected chi connectivity index (χ4v) is 8.07. The second-order valence-corrected chi connectivity index (χ2v) is 16.0. The second kappa shape index (κ2) is 28.9. The normalized spacial score (nSPS) is 11.8. The molecular weight excluding hydrogens is 591 g/mol. The van der Waals surface area contributed by atoms with Gasteiger partial charge in [0, 0.05) is 21.8 Å². The zero-order valence-electron chi connectivity index (χ0n) is 33.0. The zero-order chi connectivity index (χ0) is 34.5. The van der Waals surface area contributed by atoms with Crippen molar-refractivity contribution in [3.8, 4) is 0 Å². The first-order chi connectivity index (χ1) is 24.3. The first-order valence-corrected chi connectivity index (χ1v) is 22.3. The summed E-state index contributed by atoms with van der Waals surface area (Å²) >= 11 is 0. The van der Waals surface area contributed by atoms with Crippen LogP contribution < -0.4 is 0 Å². The Balaban J connectivity index is 1.17. The van der Waals surface area contributed by atoms with Crippen LogP contribution in [-0.4, -0.2) is 4.98 Å². The van der Waals surface area contributed by atoms with Gasteiger partial charge in [0.15, 0.2) is 0 Å². The van der Waals surface area contributed by atoms with E-state index in [0.29, 0.717) is 0 Å². The Morgan fingerprint density at radius 3 is 0.816 bits per heavy atom. The van der Waals surface area contributed by atoms with Crippen LogP contribution >= 0.6 is 0 Å². The van der Waals surface area contributed by atoms with E-state index in [-0.39, 0.29) is 0 Å². The summed E-state index contributed by atoms with van der Waals surface area (Å²) in [5.74, 6) is 0. The standard InChI is InChI=1S/C48H81N/c1-3-5-7-9-11-13-15-17-19-21-23-25-27-29-31-33-35-43-37-39-45-46-40-38-44(42-48(46)49-47(45)41-43)36-34-32-30-28-26-24-22-20-18-16-14-12-10-8-6-4-2/h37-42,49H,3-36H2,1-2H3. The lowest BCUT2D eigenvalue weighted by atomic mass is 10.0. The number of aryl methyl sites for hydroxylation is 2. The van der Waals surface area contributed by atoms with E-state index in [4.69, 9.17) is 0 Å². The van der Waals surface area contributed by atoms with Gasteiger partial charge in [-0.3, -0.25) is 0 Å². The number of nitrogens with one attached hydrogen (secondary N) is 1. The molecule has 1 heteroatoms. The Morgan fingerprint density at radius 2 is 0.551 bits per heavy atom. The van der Waals surface area contributed by atoms with Crippen molar-refractivity contribution >= 4 is 21.8 Å². The van der Waals surface area contributed by atoms with Crippen LogP contribution in [0.5, 0.6) is 0 Å². The molecule has 0 fully saturated rings. The average molecular weight is 672 g/mol. The van der Waals surface area contributed by atoms with Gasteiger partial charge in [-0.2, -0.15) is 0 Å². The van der Waals surface area contributed by atoms with Gasteiger partial charge in [0.2, 0.25) is 0 Å². The van der Waals surface area contributed by atoms with Crippen LogP contribution in [0.2, 0.25) is 0 Å². The maximum atomic E-state index is 3.77. The molecule has 0 bridgehead atoms. The van der Waals surface area contributed by atoms with Crippen molar-refractivity contribution in [3.05, 3.63) is 47.5 Å². The Kier molecular flexibility index (Phi) is 24.6. The van der Waals surface area contributed by atoms with E-state index in [1.807, 2.05) is 0 Å². The smallest absolute Gasteiger partial charge is 0.0467 e. The van der Waals surface area contributed by atoms with Crippen molar-refractivity contribution < 1.29 is 0 Å². The minimum Gasteiger partial charge on any atom is -0.354 e. The van der Waals surface area contributed by atoms with Gasteiger partial charge in [-0.25, -0.2) is 0 Å². The van der Waals surface area contributed by atoms with Crippen molar-refractivity contribution in [2.45, 2.75) is 232 Å². The van der Waals surface area contributed by atoms with E-state index in [0.717, 1.165) is 0 Å². The largest absolute Gasteiger partial charge is 0.354 e. The summed E-state index contributed by atoms with van der Waals surface area (Å²) in [4.78, 5) is 3.77. The highest BCUT2D eigenvalue weighted by molar-refractivity contribution is 6.07. The zero-order valence-corrected chi connectivity index (χ0v) is 33.0. The SMILES string of the molecule is CCCCCCCCCCCCCCCCCCc1ccc2c(c1)[nH]c1cc(CCCCCCCCCCCCCCCCCC)ccc12. The molecule has 0 aliphatic rings. The molecule has 1 nitrogen and oxygen atoms in total. The highest BCUT2D eigenvalue weighted by atomic mass is 14.7. The van der Waals surface area contributed by atoms with Crippen molar-refractivity contribution in [2.24, 2.45) is 0 Å². The molecule has 278 valence electrons. The van der Waals surface area contributed by atoms with E-state index < -0.39 is 0 Å². The number of hydrogen-bond donors (Lipinski definition) is 1. The number of rotatable bonds is 34. The molecule has 2 aromatic carbocycles. The summed E-state index contributed by atoms with van der Waals surface area (Å²) in [6.45, 7) is 4.61. The van der Waals surface area contributed by atoms with Crippen molar-refractivity contribution in [2.75, 3.05) is 0 Å². The summed E-state index contributed by atoms with van der Waals surface area (Å²) in [6.07, 6.45) is 48.4. The number of hydrogen-bond acceptors (Lipinski definition) is 0. The lowest BCUT2D eigenvalue weighted by Crippen LogP contribution is -1.87. The number of unbranched alkanes of at least 4 members (excludes halogenated alkanes) is 30. The van der Waals surface area contributed by atoms with Gasteiger partial charge >= 0.3 is 0 Å². The maximum absolute atomic E-state index is 3.77. The minimum absolute atomic E-state index is 1.22. The summed E-state index contributed by atoms with van der Waals surface area (Å²) < 4.78 is 0. The van der Waals surface area contributed by atoms with E-state index in [9.17, 15) is 0 Å². The lowest BCUT2D eigenvalue weighted by molar-refractivity contribution is 0.529. The Labute approximate surface area is 305 Å². The molecule has 0 aliphatic carbocycles. The summed E-state index contributed by atoms with van der Waals surface area (Å²) in [5.41, 5.74) is 5.64. The average Bonchev–Trinajstić information content (AvgIpc) is 3.48. The van der Waals surface area contributed by atoms with Crippen LogP contribution in [-0.2, 0) is 12.8 Å². The molecule has 0 radical (unpaired) electrons. The first-order valence-electron chi connectivity index (χ1n) is 22.3. The molecule has 49 heavy (non-hydrogen) atoms. The molecule has 0 aliphatic heterocycles. The molecule has 3 rings (SSSR count). The summed E-state index contributed by atoms with van der Waals surface area (Å²) in [5, 5.41) is 2.78. The van der Waals surface area contributed by atoms with Crippen LogP contribution in [0, 0.1) is 0 Å². The van der Waals surface area contributed by atoms with Gasteiger partial charge in [0.1, 0.15) is 0 Å². The molecule has 0 saturated carbocycles. The lowest BCUT2D eigenvalue weighted by Gasteiger charge is -2.04. The van der Waals surface area contributed by atoms with Crippen molar-refractivity contribution in [1.29, 1.82) is 0 Å². The summed E-state index contributed by atoms with van der Waals surface area (Å²) in [6, 6.07) is 14.3. The molecule has 1 aromatic heterocycles. The molecule has 0 saturated heterocycles. The van der Waals surface area contributed by atoms with Crippen LogP contribution in [0.3, 0.4) is 0 Å². The highest BCUT2D eigenvalue weighted by Crippen LogP contribution is 2.28. The van der Waals surface area contributed by atoms with Crippen molar-refractivity contribution in [1.82, 2.24) is 4.98 Å². The monoisotopic (exact) mass is 672 g/mol. The third-order valence-corrected chi connectivity index (χ3v) is 11.4. The predicted octanol–water partition coefficient (Wildman–Crippen LogP) is 16.9.